The van der Waals surface area contributed by atoms with Crippen LogP contribution >= 0.6 is 0 Å². The average Bonchev–Trinajstić information content (AvgIpc) is 2.28. The third-order valence-corrected chi connectivity index (χ3v) is 5.20. The van der Waals surface area contributed by atoms with E-state index in [0.717, 1.165) is 6.42 Å². The van der Waals surface area contributed by atoms with E-state index >= 15 is 0 Å². The van der Waals surface area contributed by atoms with Crippen LogP contribution < -0.4 is 0 Å². The quantitative estimate of drug-likeness (QED) is 0.329. The molecule has 0 bridgehead atoms. The van der Waals surface area contributed by atoms with Gasteiger partial charge in [-0.05, 0) is 34.1 Å². The molecule has 4 nitrogen and oxygen atoms in total. The van der Waals surface area contributed by atoms with Crippen molar-refractivity contribution >= 4 is 8.80 Å². The van der Waals surface area contributed by atoms with E-state index in [9.17, 15) is 0 Å². The largest absolute Gasteiger partial charge is 0.504 e. The zero-order valence-electron chi connectivity index (χ0n) is 12.4. The SMILES string of the molecule is CCC=COCC[Si](OCC)(OCC)OC(C)C. The number of ether oxygens (including phenoxy) is 1. The molecule has 0 amide bonds. The van der Waals surface area contributed by atoms with E-state index in [1.54, 1.807) is 6.26 Å². The molecule has 0 aromatic rings. The molecule has 0 aromatic heterocycles. The number of hydrogen-bond donors (Lipinski definition) is 0. The topological polar surface area (TPSA) is 36.9 Å². The second-order valence-electron chi connectivity index (χ2n) is 4.12. The summed E-state index contributed by atoms with van der Waals surface area (Å²) in [6, 6.07) is 0.681. The van der Waals surface area contributed by atoms with Crippen LogP contribution in [0.5, 0.6) is 0 Å². The van der Waals surface area contributed by atoms with Crippen molar-refractivity contribution in [1.29, 1.82) is 0 Å². The van der Waals surface area contributed by atoms with Crippen molar-refractivity contribution in [2.24, 2.45) is 0 Å². The lowest BCUT2D eigenvalue weighted by molar-refractivity contribution is 0.0398. The van der Waals surface area contributed by atoms with Gasteiger partial charge in [-0.25, -0.2) is 0 Å². The summed E-state index contributed by atoms with van der Waals surface area (Å²) >= 11 is 0. The summed E-state index contributed by atoms with van der Waals surface area (Å²) in [7, 11) is -2.58. The molecule has 5 heteroatoms. The molecule has 0 aliphatic carbocycles. The maximum Gasteiger partial charge on any atom is 0.504 e. The van der Waals surface area contributed by atoms with Crippen LogP contribution in [0.15, 0.2) is 12.3 Å². The standard InChI is InChI=1S/C13H28O4Si/c1-6-9-10-14-11-12-18(15-7-2,16-8-3)17-13(4)5/h9-10,13H,6-8,11-12H2,1-5H3. The second kappa shape index (κ2) is 10.5. The second-order valence-corrected chi connectivity index (χ2v) is 6.80. The van der Waals surface area contributed by atoms with Crippen molar-refractivity contribution in [3.05, 3.63) is 12.3 Å². The van der Waals surface area contributed by atoms with Crippen LogP contribution in [-0.2, 0) is 18.0 Å². The Labute approximate surface area is 113 Å². The Hall–Kier alpha value is -0.363. The van der Waals surface area contributed by atoms with E-state index in [1.165, 1.54) is 0 Å². The maximum absolute atomic E-state index is 5.92. The molecule has 108 valence electrons. The monoisotopic (exact) mass is 276 g/mol. The number of rotatable bonds is 11. The van der Waals surface area contributed by atoms with Crippen LogP contribution in [0.2, 0.25) is 6.04 Å². The van der Waals surface area contributed by atoms with Gasteiger partial charge in [-0.2, -0.15) is 0 Å². The molecule has 18 heavy (non-hydrogen) atoms. The summed E-state index contributed by atoms with van der Waals surface area (Å²) in [4.78, 5) is 0. The summed E-state index contributed by atoms with van der Waals surface area (Å²) in [6.45, 7) is 11.8. The Morgan fingerprint density at radius 3 is 2.11 bits per heavy atom. The van der Waals surface area contributed by atoms with Crippen LogP contribution in [0, 0.1) is 0 Å². The Kier molecular flexibility index (Phi) is 10.3. The van der Waals surface area contributed by atoms with Gasteiger partial charge >= 0.3 is 8.80 Å². The van der Waals surface area contributed by atoms with Gasteiger partial charge in [-0.15, -0.1) is 0 Å². The fourth-order valence-corrected chi connectivity index (χ4v) is 4.12. The lowest BCUT2D eigenvalue weighted by Gasteiger charge is -2.30. The van der Waals surface area contributed by atoms with E-state index in [1.807, 2.05) is 33.8 Å². The molecule has 0 fully saturated rings. The van der Waals surface area contributed by atoms with Crippen LogP contribution in [-0.4, -0.2) is 34.7 Å². The molecule has 0 spiro atoms. The van der Waals surface area contributed by atoms with Gasteiger partial charge in [0.25, 0.3) is 0 Å². The fourth-order valence-electron chi connectivity index (χ4n) is 1.53. The molecule has 0 heterocycles. The Morgan fingerprint density at radius 1 is 1.06 bits per heavy atom. The summed E-state index contributed by atoms with van der Waals surface area (Å²) in [5, 5.41) is 0. The summed E-state index contributed by atoms with van der Waals surface area (Å²) < 4.78 is 22.9. The van der Waals surface area contributed by atoms with Crippen molar-refractivity contribution in [1.82, 2.24) is 0 Å². The molecule has 0 saturated heterocycles. The molecular formula is C13H28O4Si. The fraction of sp³-hybridized carbons (Fsp3) is 0.846. The van der Waals surface area contributed by atoms with Crippen molar-refractivity contribution < 1.29 is 18.0 Å². The zero-order valence-corrected chi connectivity index (χ0v) is 13.4. The average molecular weight is 276 g/mol. The minimum Gasteiger partial charge on any atom is -0.502 e. The van der Waals surface area contributed by atoms with Gasteiger partial charge in [0.1, 0.15) is 0 Å². The van der Waals surface area contributed by atoms with Gasteiger partial charge in [0, 0.05) is 19.3 Å². The zero-order chi connectivity index (χ0) is 13.9. The van der Waals surface area contributed by atoms with Gasteiger partial charge in [-0.3, -0.25) is 0 Å². The Balaban J connectivity index is 4.36. The molecule has 0 radical (unpaired) electrons. The first-order valence-corrected chi connectivity index (χ1v) is 8.75. The van der Waals surface area contributed by atoms with E-state index in [0.29, 0.717) is 25.9 Å². The number of allylic oxidation sites excluding steroid dienone is 1. The molecule has 0 aromatic carbocycles. The minimum atomic E-state index is -2.58. The molecule has 0 saturated carbocycles. The van der Waals surface area contributed by atoms with Crippen molar-refractivity contribution in [2.75, 3.05) is 19.8 Å². The molecule has 0 aliphatic heterocycles. The minimum absolute atomic E-state index is 0.0981. The molecule has 0 aliphatic rings. The Morgan fingerprint density at radius 2 is 1.67 bits per heavy atom. The highest BCUT2D eigenvalue weighted by atomic mass is 28.4. The first-order valence-electron chi connectivity index (χ1n) is 6.82. The van der Waals surface area contributed by atoms with Gasteiger partial charge in [0.05, 0.1) is 18.9 Å². The van der Waals surface area contributed by atoms with Crippen LogP contribution in [0.25, 0.3) is 0 Å². The molecular weight excluding hydrogens is 248 g/mol. The van der Waals surface area contributed by atoms with Gasteiger partial charge in [0.15, 0.2) is 0 Å². The highest BCUT2D eigenvalue weighted by Crippen LogP contribution is 2.18. The first kappa shape index (κ1) is 17.6. The van der Waals surface area contributed by atoms with E-state index in [2.05, 4.69) is 6.92 Å². The maximum atomic E-state index is 5.92. The molecule has 0 rings (SSSR count). The van der Waals surface area contributed by atoms with E-state index in [4.69, 9.17) is 18.0 Å². The van der Waals surface area contributed by atoms with Crippen LogP contribution in [0.1, 0.15) is 41.0 Å². The normalized spacial score (nSPS) is 12.6. The van der Waals surface area contributed by atoms with E-state index in [-0.39, 0.29) is 6.10 Å². The predicted octanol–water partition coefficient (Wildman–Crippen LogP) is 3.36. The summed E-state index contributed by atoms with van der Waals surface area (Å²) in [6.07, 6.45) is 4.78. The highest BCUT2D eigenvalue weighted by molar-refractivity contribution is 6.60. The lowest BCUT2D eigenvalue weighted by atomic mass is 10.5. The number of hydrogen-bond acceptors (Lipinski definition) is 4. The third kappa shape index (κ3) is 7.87. The third-order valence-electron chi connectivity index (χ3n) is 2.10. The predicted molar refractivity (Wildman–Crippen MR) is 75.4 cm³/mol. The lowest BCUT2D eigenvalue weighted by Crippen LogP contribution is -2.48. The van der Waals surface area contributed by atoms with Crippen molar-refractivity contribution in [3.8, 4) is 0 Å². The first-order chi connectivity index (χ1) is 8.60. The van der Waals surface area contributed by atoms with Crippen molar-refractivity contribution in [3.63, 3.8) is 0 Å². The van der Waals surface area contributed by atoms with Gasteiger partial charge in [0.2, 0.25) is 0 Å². The molecule has 0 atom stereocenters. The van der Waals surface area contributed by atoms with Crippen LogP contribution in [0.4, 0.5) is 0 Å². The van der Waals surface area contributed by atoms with Gasteiger partial charge < -0.3 is 18.0 Å². The van der Waals surface area contributed by atoms with E-state index < -0.39 is 8.80 Å². The smallest absolute Gasteiger partial charge is 0.502 e. The molecule has 0 unspecified atom stereocenters. The highest BCUT2D eigenvalue weighted by Gasteiger charge is 2.41. The van der Waals surface area contributed by atoms with Gasteiger partial charge in [-0.1, -0.05) is 13.0 Å². The summed E-state index contributed by atoms with van der Waals surface area (Å²) in [5.74, 6) is 0. The molecule has 0 N–H and O–H groups in total. The summed E-state index contributed by atoms with van der Waals surface area (Å²) in [5.41, 5.74) is 0. The van der Waals surface area contributed by atoms with Crippen molar-refractivity contribution in [2.45, 2.75) is 53.2 Å². The van der Waals surface area contributed by atoms with Crippen LogP contribution in [0.3, 0.4) is 0 Å². The Bertz CT molecular complexity index is 213.